The van der Waals surface area contributed by atoms with E-state index in [1.54, 1.807) is 0 Å². The Hall–Kier alpha value is -1.84. The maximum atomic E-state index is 11.7. The zero-order valence-electron chi connectivity index (χ0n) is 12.9. The predicted octanol–water partition coefficient (Wildman–Crippen LogP) is 3.31. The van der Waals surface area contributed by atoms with E-state index < -0.39 is 0 Å². The highest BCUT2D eigenvalue weighted by Crippen LogP contribution is 2.20. The first-order valence-corrected chi connectivity index (χ1v) is 7.76. The zero-order chi connectivity index (χ0) is 15.1. The lowest BCUT2D eigenvalue weighted by Crippen LogP contribution is -2.28. The van der Waals surface area contributed by atoms with Gasteiger partial charge in [0.15, 0.2) is 6.61 Å². The average Bonchev–Trinajstić information content (AvgIpc) is 2.52. The summed E-state index contributed by atoms with van der Waals surface area (Å²) in [6.07, 6.45) is 5.57. The molecule has 0 unspecified atom stereocenters. The fraction of sp³-hybridized carbons (Fsp3) is 0.529. The minimum absolute atomic E-state index is 0.00334. The fourth-order valence-corrected chi connectivity index (χ4v) is 2.47. The van der Waals surface area contributed by atoms with Crippen LogP contribution in [0.5, 0.6) is 5.75 Å². The Morgan fingerprint density at radius 2 is 2.10 bits per heavy atom. The van der Waals surface area contributed by atoms with Crippen LogP contribution in [-0.2, 0) is 11.2 Å². The molecular weight excluding hydrogens is 264 g/mol. The van der Waals surface area contributed by atoms with Crippen LogP contribution in [0.2, 0.25) is 0 Å². The number of hydrogen-bond donors (Lipinski definition) is 1. The molecule has 1 saturated carbocycles. The van der Waals surface area contributed by atoms with E-state index in [-0.39, 0.29) is 12.5 Å². The van der Waals surface area contributed by atoms with Crippen molar-refractivity contribution in [3.05, 3.63) is 29.8 Å². The van der Waals surface area contributed by atoms with Gasteiger partial charge in [-0.15, -0.1) is 0 Å². The van der Waals surface area contributed by atoms with Crippen molar-refractivity contribution in [3.63, 3.8) is 0 Å². The molecule has 4 heteroatoms. The average molecular weight is 288 g/mol. The van der Waals surface area contributed by atoms with Crippen molar-refractivity contribution in [2.75, 3.05) is 6.61 Å². The van der Waals surface area contributed by atoms with Gasteiger partial charge in [0.2, 0.25) is 0 Å². The number of rotatable bonds is 5. The van der Waals surface area contributed by atoms with Gasteiger partial charge in [-0.25, -0.2) is 5.43 Å². The number of hydrogen-bond acceptors (Lipinski definition) is 3. The van der Waals surface area contributed by atoms with Gasteiger partial charge in [0.05, 0.1) is 0 Å². The molecule has 0 saturated heterocycles. The van der Waals surface area contributed by atoms with Gasteiger partial charge in [0.1, 0.15) is 5.75 Å². The van der Waals surface area contributed by atoms with E-state index >= 15 is 0 Å². The second-order valence-corrected chi connectivity index (χ2v) is 5.57. The van der Waals surface area contributed by atoms with Crippen molar-refractivity contribution in [2.24, 2.45) is 11.0 Å². The summed E-state index contributed by atoms with van der Waals surface area (Å²) in [6, 6.07) is 7.80. The molecule has 1 amide bonds. The smallest absolute Gasteiger partial charge is 0.277 e. The lowest BCUT2D eigenvalue weighted by molar-refractivity contribution is -0.123. The van der Waals surface area contributed by atoms with Gasteiger partial charge in [-0.2, -0.15) is 5.10 Å². The molecule has 0 spiro atoms. The first-order chi connectivity index (χ1) is 10.2. The highest BCUT2D eigenvalue weighted by atomic mass is 16.5. The molecule has 0 bridgehead atoms. The number of aryl methyl sites for hydroxylation is 1. The summed E-state index contributed by atoms with van der Waals surface area (Å²) in [6.45, 7) is 4.27. The monoisotopic (exact) mass is 288 g/mol. The van der Waals surface area contributed by atoms with Gasteiger partial charge in [-0.05, 0) is 49.3 Å². The number of nitrogens with zero attached hydrogens (tertiary/aromatic N) is 1. The summed E-state index contributed by atoms with van der Waals surface area (Å²) in [5.74, 6) is 0.974. The maximum Gasteiger partial charge on any atom is 0.277 e. The van der Waals surface area contributed by atoms with Crippen molar-refractivity contribution in [1.29, 1.82) is 0 Å². The van der Waals surface area contributed by atoms with Crippen LogP contribution in [0.1, 0.15) is 45.1 Å². The topological polar surface area (TPSA) is 50.7 Å². The molecule has 1 atom stereocenters. The quantitative estimate of drug-likeness (QED) is 0.845. The van der Waals surface area contributed by atoms with E-state index in [2.05, 4.69) is 24.4 Å². The first kappa shape index (κ1) is 15.5. The molecule has 1 aromatic rings. The van der Waals surface area contributed by atoms with E-state index in [4.69, 9.17) is 4.74 Å². The Balaban J connectivity index is 1.77. The number of nitrogens with one attached hydrogen (secondary N) is 1. The Kier molecular flexibility index (Phi) is 5.78. The minimum Gasteiger partial charge on any atom is -0.484 e. The Morgan fingerprint density at radius 3 is 2.76 bits per heavy atom. The van der Waals surface area contributed by atoms with Crippen molar-refractivity contribution in [3.8, 4) is 5.75 Å². The second kappa shape index (κ2) is 7.81. The summed E-state index contributed by atoms with van der Waals surface area (Å²) < 4.78 is 5.45. The summed E-state index contributed by atoms with van der Waals surface area (Å²) in [5, 5.41) is 4.24. The molecular formula is C17H24N2O2. The van der Waals surface area contributed by atoms with Crippen LogP contribution in [0.4, 0.5) is 0 Å². The van der Waals surface area contributed by atoms with Crippen LogP contribution in [0.25, 0.3) is 0 Å². The SMILES string of the molecule is CCc1ccc(OCC(=O)N/N=C2/CCCC[C@H]2C)cc1. The van der Waals surface area contributed by atoms with Crippen LogP contribution in [0, 0.1) is 5.92 Å². The third kappa shape index (κ3) is 4.88. The number of amides is 1. The van der Waals surface area contributed by atoms with Crippen LogP contribution < -0.4 is 10.2 Å². The molecule has 1 N–H and O–H groups in total. The van der Waals surface area contributed by atoms with Crippen molar-refractivity contribution in [1.82, 2.24) is 5.43 Å². The van der Waals surface area contributed by atoms with Crippen LogP contribution in [0.3, 0.4) is 0 Å². The lowest BCUT2D eigenvalue weighted by Gasteiger charge is -2.19. The number of ether oxygens (including phenoxy) is 1. The third-order valence-electron chi connectivity index (χ3n) is 3.91. The molecule has 1 fully saturated rings. The standard InChI is InChI=1S/C17H24N2O2/c1-3-14-8-10-15(11-9-14)21-12-17(20)19-18-16-7-5-4-6-13(16)2/h8-11,13H,3-7,12H2,1-2H3,(H,19,20)/b18-16-/t13-/m1/s1. The second-order valence-electron chi connectivity index (χ2n) is 5.57. The normalized spacial score (nSPS) is 20.3. The lowest BCUT2D eigenvalue weighted by atomic mass is 9.89. The summed E-state index contributed by atoms with van der Waals surface area (Å²) in [5.41, 5.74) is 4.95. The molecule has 0 radical (unpaired) electrons. The fourth-order valence-electron chi connectivity index (χ4n) is 2.47. The van der Waals surface area contributed by atoms with Crippen molar-refractivity contribution in [2.45, 2.75) is 46.0 Å². The summed E-state index contributed by atoms with van der Waals surface area (Å²) >= 11 is 0. The van der Waals surface area contributed by atoms with Crippen LogP contribution >= 0.6 is 0 Å². The highest BCUT2D eigenvalue weighted by Gasteiger charge is 2.16. The molecule has 1 aromatic carbocycles. The maximum absolute atomic E-state index is 11.7. The Labute approximate surface area is 126 Å². The van der Waals surface area contributed by atoms with Gasteiger partial charge in [0, 0.05) is 5.71 Å². The van der Waals surface area contributed by atoms with Gasteiger partial charge >= 0.3 is 0 Å². The summed E-state index contributed by atoms with van der Waals surface area (Å²) in [4.78, 5) is 11.7. The van der Waals surface area contributed by atoms with Crippen LogP contribution in [-0.4, -0.2) is 18.2 Å². The molecule has 4 nitrogen and oxygen atoms in total. The molecule has 0 heterocycles. The molecule has 1 aliphatic rings. The molecule has 2 rings (SSSR count). The number of carbonyl (C=O) groups excluding carboxylic acids is 1. The van der Waals surface area contributed by atoms with Gasteiger partial charge in [-0.3, -0.25) is 4.79 Å². The van der Waals surface area contributed by atoms with E-state index in [0.29, 0.717) is 11.7 Å². The molecule has 0 aromatic heterocycles. The number of benzene rings is 1. The van der Waals surface area contributed by atoms with E-state index in [0.717, 1.165) is 25.0 Å². The Bertz CT molecular complexity index is 494. The predicted molar refractivity (Wildman–Crippen MR) is 84.5 cm³/mol. The van der Waals surface area contributed by atoms with Crippen LogP contribution in [0.15, 0.2) is 29.4 Å². The van der Waals surface area contributed by atoms with E-state index in [1.165, 1.54) is 18.4 Å². The van der Waals surface area contributed by atoms with Crippen molar-refractivity contribution < 1.29 is 9.53 Å². The third-order valence-corrected chi connectivity index (χ3v) is 3.91. The number of hydrazone groups is 1. The molecule has 114 valence electrons. The van der Waals surface area contributed by atoms with Crippen molar-refractivity contribution >= 4 is 11.6 Å². The zero-order valence-corrected chi connectivity index (χ0v) is 12.9. The molecule has 1 aliphatic carbocycles. The number of carbonyl (C=O) groups is 1. The van der Waals surface area contributed by atoms with E-state index in [1.807, 2.05) is 24.3 Å². The molecule has 21 heavy (non-hydrogen) atoms. The Morgan fingerprint density at radius 1 is 1.33 bits per heavy atom. The van der Waals surface area contributed by atoms with Gasteiger partial charge in [-0.1, -0.05) is 32.4 Å². The van der Waals surface area contributed by atoms with Gasteiger partial charge in [0.25, 0.3) is 5.91 Å². The minimum atomic E-state index is -0.208. The first-order valence-electron chi connectivity index (χ1n) is 7.76. The van der Waals surface area contributed by atoms with E-state index in [9.17, 15) is 4.79 Å². The molecule has 0 aliphatic heterocycles. The van der Waals surface area contributed by atoms with Gasteiger partial charge < -0.3 is 4.74 Å². The summed E-state index contributed by atoms with van der Waals surface area (Å²) in [7, 11) is 0. The highest BCUT2D eigenvalue weighted by molar-refractivity contribution is 5.88. The largest absolute Gasteiger partial charge is 0.484 e.